The quantitative estimate of drug-likeness (QED) is 0.0199. The lowest BCUT2D eigenvalue weighted by Crippen LogP contribution is -2.66. The zero-order valence-corrected chi connectivity index (χ0v) is 60.4. The number of nitrogens with one attached hydrogen (secondary N) is 1. The van der Waals surface area contributed by atoms with Crippen LogP contribution in [0.5, 0.6) is 0 Å². The summed E-state index contributed by atoms with van der Waals surface area (Å²) in [6, 6.07) is -0.987. The number of unbranched alkanes of at least 4 members (excludes halogenated alkanes) is 45. The van der Waals surface area contributed by atoms with Crippen molar-refractivity contribution in [2.24, 2.45) is 0 Å². The van der Waals surface area contributed by atoms with Crippen LogP contribution in [0.25, 0.3) is 0 Å². The average molecular weight is 1370 g/mol. The first-order valence-corrected chi connectivity index (χ1v) is 39.6. The number of amides is 1. The van der Waals surface area contributed by atoms with Crippen molar-refractivity contribution in [1.29, 1.82) is 0 Å². The Hall–Kier alpha value is -1.73. The molecule has 0 aliphatic carbocycles. The lowest BCUT2D eigenvalue weighted by Gasteiger charge is -2.48. The van der Waals surface area contributed by atoms with Gasteiger partial charge in [0.25, 0.3) is 0 Å². The van der Waals surface area contributed by atoms with E-state index in [-0.39, 0.29) is 18.9 Å². The molecule has 12 N–H and O–H groups in total. The molecule has 566 valence electrons. The van der Waals surface area contributed by atoms with Gasteiger partial charge in [-0.3, -0.25) is 4.79 Å². The number of allylic oxidation sites excluding steroid dienone is 3. The maximum Gasteiger partial charge on any atom is 0.220 e. The van der Waals surface area contributed by atoms with Crippen molar-refractivity contribution in [3.05, 3.63) is 24.3 Å². The summed E-state index contributed by atoms with van der Waals surface area (Å²) >= 11 is 0. The third-order valence-electron chi connectivity index (χ3n) is 20.0. The SMILES string of the molecule is CCCCCCCCCC/C=C/CC/C=C/C(O)C(COC1OC(CO)C(OC2OC(CO)C(OC3OC(CO)C(O)C(O)C3O)C(O)C2O)C(O)C1O)NC(=O)CCCCCCCCCCCCCCCCCCCCCCCCCCCCCCCCCCCCCCC. The Kier molecular flexibility index (Phi) is 54.1. The van der Waals surface area contributed by atoms with Crippen LogP contribution in [0.1, 0.15) is 328 Å². The Bertz CT molecular complexity index is 1830. The van der Waals surface area contributed by atoms with Gasteiger partial charge >= 0.3 is 0 Å². The second-order valence-corrected chi connectivity index (χ2v) is 28.5. The topological polar surface area (TPSA) is 307 Å². The highest BCUT2D eigenvalue weighted by Gasteiger charge is 2.53. The summed E-state index contributed by atoms with van der Waals surface area (Å²) < 4.78 is 34.4. The van der Waals surface area contributed by atoms with Crippen LogP contribution >= 0.6 is 0 Å². The van der Waals surface area contributed by atoms with Crippen LogP contribution in [0.2, 0.25) is 0 Å². The van der Waals surface area contributed by atoms with Crippen molar-refractivity contribution in [1.82, 2.24) is 5.32 Å². The summed E-state index contributed by atoms with van der Waals surface area (Å²) in [5.74, 6) is -0.279. The fraction of sp³-hybridized carbons (Fsp3) is 0.935. The molecular formula is C77H145NO18. The van der Waals surface area contributed by atoms with E-state index in [9.17, 15) is 61.0 Å². The maximum absolute atomic E-state index is 13.4. The number of aliphatic hydroxyl groups excluding tert-OH is 11. The predicted octanol–water partition coefficient (Wildman–Crippen LogP) is 12.6. The maximum atomic E-state index is 13.4. The van der Waals surface area contributed by atoms with E-state index in [1.54, 1.807) is 6.08 Å². The first kappa shape index (κ1) is 88.5. The summed E-state index contributed by atoms with van der Waals surface area (Å²) in [6.45, 7) is 1.74. The van der Waals surface area contributed by atoms with Crippen LogP contribution in [0.4, 0.5) is 0 Å². The van der Waals surface area contributed by atoms with Gasteiger partial charge < -0.3 is 89.9 Å². The number of hydrogen-bond donors (Lipinski definition) is 12. The summed E-state index contributed by atoms with van der Waals surface area (Å²) in [5, 5.41) is 121. The van der Waals surface area contributed by atoms with E-state index in [4.69, 9.17) is 28.4 Å². The zero-order chi connectivity index (χ0) is 69.6. The summed E-state index contributed by atoms with van der Waals surface area (Å²) in [4.78, 5) is 13.4. The first-order valence-electron chi connectivity index (χ1n) is 39.6. The van der Waals surface area contributed by atoms with Crippen molar-refractivity contribution in [2.75, 3.05) is 26.4 Å². The van der Waals surface area contributed by atoms with E-state index in [0.717, 1.165) is 38.5 Å². The Morgan fingerprint density at radius 3 is 1.04 bits per heavy atom. The van der Waals surface area contributed by atoms with Crippen LogP contribution < -0.4 is 5.32 Å². The number of carbonyl (C=O) groups is 1. The van der Waals surface area contributed by atoms with Crippen molar-refractivity contribution in [3.8, 4) is 0 Å². The van der Waals surface area contributed by atoms with E-state index in [0.29, 0.717) is 12.8 Å². The molecule has 19 heteroatoms. The fourth-order valence-corrected chi connectivity index (χ4v) is 13.6. The van der Waals surface area contributed by atoms with E-state index in [1.807, 2.05) is 6.08 Å². The van der Waals surface area contributed by atoms with Gasteiger partial charge in [0.15, 0.2) is 18.9 Å². The number of aliphatic hydroxyl groups is 11. The van der Waals surface area contributed by atoms with Gasteiger partial charge in [-0.1, -0.05) is 314 Å². The van der Waals surface area contributed by atoms with Crippen LogP contribution in [-0.4, -0.2) is 193 Å². The molecule has 0 aromatic rings. The average Bonchev–Trinajstić information content (AvgIpc) is 0.787. The molecule has 0 saturated carbocycles. The van der Waals surface area contributed by atoms with Gasteiger partial charge in [-0.15, -0.1) is 0 Å². The molecule has 96 heavy (non-hydrogen) atoms. The molecule has 1 amide bonds. The molecular weight excluding hydrogens is 1230 g/mol. The molecule has 3 saturated heterocycles. The minimum Gasteiger partial charge on any atom is -0.394 e. The summed E-state index contributed by atoms with van der Waals surface area (Å²) in [5.41, 5.74) is 0. The molecule has 0 bridgehead atoms. The molecule has 0 radical (unpaired) electrons. The molecule has 17 unspecified atom stereocenters. The third kappa shape index (κ3) is 39.1. The van der Waals surface area contributed by atoms with Gasteiger partial charge in [0, 0.05) is 6.42 Å². The Labute approximate surface area is 581 Å². The predicted molar refractivity (Wildman–Crippen MR) is 379 cm³/mol. The molecule has 17 atom stereocenters. The fourth-order valence-electron chi connectivity index (χ4n) is 13.6. The highest BCUT2D eigenvalue weighted by Crippen LogP contribution is 2.33. The van der Waals surface area contributed by atoms with Crippen molar-refractivity contribution < 1.29 is 89.4 Å². The Balaban J connectivity index is 1.30. The zero-order valence-electron chi connectivity index (χ0n) is 60.4. The van der Waals surface area contributed by atoms with Crippen molar-refractivity contribution in [3.63, 3.8) is 0 Å². The molecule has 3 rings (SSSR count). The second-order valence-electron chi connectivity index (χ2n) is 28.5. The molecule has 19 nitrogen and oxygen atoms in total. The highest BCUT2D eigenvalue weighted by molar-refractivity contribution is 5.76. The largest absolute Gasteiger partial charge is 0.394 e. The third-order valence-corrected chi connectivity index (χ3v) is 20.0. The molecule has 0 aromatic carbocycles. The smallest absolute Gasteiger partial charge is 0.220 e. The summed E-state index contributed by atoms with van der Waals surface area (Å²) in [6.07, 6.45) is 43.5. The number of ether oxygens (including phenoxy) is 6. The van der Waals surface area contributed by atoms with Crippen molar-refractivity contribution >= 4 is 5.91 Å². The van der Waals surface area contributed by atoms with E-state index in [2.05, 4.69) is 31.3 Å². The monoisotopic (exact) mass is 1370 g/mol. The molecule has 0 spiro atoms. The van der Waals surface area contributed by atoms with Crippen LogP contribution in [0.3, 0.4) is 0 Å². The van der Waals surface area contributed by atoms with Gasteiger partial charge in [-0.25, -0.2) is 0 Å². The van der Waals surface area contributed by atoms with Gasteiger partial charge in [0.1, 0.15) is 73.2 Å². The van der Waals surface area contributed by atoms with Crippen LogP contribution in [0, 0.1) is 0 Å². The standard InChI is InChI=1S/C77H145NO18/c1-3-5-7-9-11-13-15-17-19-20-21-22-23-24-25-26-27-28-29-30-31-32-33-34-35-36-37-38-39-40-41-43-45-47-49-51-53-55-65(83)78-60(61(82)54-52-50-48-46-44-42-18-16-14-12-10-8-6-4-2)59-91-75-71(89)68(86)73(63(57-80)93-75)96-77-72(90)69(87)74(64(58-81)94-77)95-76-70(88)67(85)66(84)62(56-79)92-76/h44,46,52,54,60-64,66-77,79-82,84-90H,3-43,45,47-51,53,55-59H2,1-2H3,(H,78,83)/b46-44+,54-52+. The van der Waals surface area contributed by atoms with E-state index < -0.39 is 124 Å². The van der Waals surface area contributed by atoms with Crippen LogP contribution in [0.15, 0.2) is 24.3 Å². The Morgan fingerprint density at radius 2 is 0.667 bits per heavy atom. The number of carbonyl (C=O) groups excluding carboxylic acids is 1. The van der Waals surface area contributed by atoms with Gasteiger partial charge in [0.05, 0.1) is 38.6 Å². The minimum absolute atomic E-state index is 0.241. The number of hydrogen-bond acceptors (Lipinski definition) is 18. The van der Waals surface area contributed by atoms with Gasteiger partial charge in [-0.2, -0.15) is 0 Å². The van der Waals surface area contributed by atoms with Crippen LogP contribution in [-0.2, 0) is 33.2 Å². The normalized spacial score (nSPS) is 27.1. The van der Waals surface area contributed by atoms with Crippen molar-refractivity contribution in [2.45, 2.75) is 433 Å². The van der Waals surface area contributed by atoms with E-state index >= 15 is 0 Å². The molecule has 3 aliphatic heterocycles. The lowest BCUT2D eigenvalue weighted by atomic mass is 9.96. The Morgan fingerprint density at radius 1 is 0.365 bits per heavy atom. The first-order chi connectivity index (χ1) is 46.8. The van der Waals surface area contributed by atoms with Gasteiger partial charge in [-0.05, 0) is 32.1 Å². The molecule has 3 fully saturated rings. The lowest BCUT2D eigenvalue weighted by molar-refractivity contribution is -0.379. The summed E-state index contributed by atoms with van der Waals surface area (Å²) in [7, 11) is 0. The highest BCUT2D eigenvalue weighted by atomic mass is 16.8. The number of rotatable bonds is 63. The van der Waals surface area contributed by atoms with Gasteiger partial charge in [0.2, 0.25) is 5.91 Å². The second kappa shape index (κ2) is 58.7. The van der Waals surface area contributed by atoms with E-state index in [1.165, 1.54) is 257 Å². The molecule has 0 aromatic heterocycles. The minimum atomic E-state index is -1.98. The molecule has 3 aliphatic rings. The molecule has 3 heterocycles.